The highest BCUT2D eigenvalue weighted by atomic mass is 19.1. The first kappa shape index (κ1) is 22.4. The number of rotatable bonds is 7. The minimum absolute atomic E-state index is 0.108. The van der Waals surface area contributed by atoms with Crippen LogP contribution in [0.5, 0.6) is 0 Å². The minimum atomic E-state index is -0.265. The van der Waals surface area contributed by atoms with Gasteiger partial charge in [0, 0.05) is 44.5 Å². The summed E-state index contributed by atoms with van der Waals surface area (Å²) in [5.74, 6) is -0.265. The number of benzene rings is 2. The summed E-state index contributed by atoms with van der Waals surface area (Å²) in [4.78, 5) is 16.5. The van der Waals surface area contributed by atoms with Crippen LogP contribution < -0.4 is 20.4 Å². The molecule has 31 heavy (non-hydrogen) atoms. The van der Waals surface area contributed by atoms with Crippen molar-refractivity contribution < 1.29 is 9.18 Å². The van der Waals surface area contributed by atoms with Gasteiger partial charge in [-0.3, -0.25) is 0 Å². The normalized spacial score (nSPS) is 14.1. The molecule has 0 atom stereocenters. The number of nitriles is 1. The predicted molar refractivity (Wildman–Crippen MR) is 122 cm³/mol. The van der Waals surface area contributed by atoms with Crippen molar-refractivity contribution in [3.05, 3.63) is 59.4 Å². The van der Waals surface area contributed by atoms with Crippen LogP contribution in [0.2, 0.25) is 0 Å². The molecule has 2 aromatic carbocycles. The van der Waals surface area contributed by atoms with Crippen molar-refractivity contribution in [1.29, 1.82) is 5.26 Å². The Labute approximate surface area is 183 Å². The predicted octanol–water partition coefficient (Wildman–Crippen LogP) is 4.01. The van der Waals surface area contributed by atoms with Gasteiger partial charge < -0.3 is 20.4 Å². The van der Waals surface area contributed by atoms with Crippen LogP contribution in [0.15, 0.2) is 42.5 Å². The zero-order valence-electron chi connectivity index (χ0n) is 18.2. The number of carbonyl (C=O) groups is 1. The van der Waals surface area contributed by atoms with E-state index in [0.717, 1.165) is 50.3 Å². The first-order chi connectivity index (χ1) is 15.0. The molecule has 1 aliphatic heterocycles. The monoisotopic (exact) mass is 423 g/mol. The Kier molecular flexibility index (Phi) is 7.71. The summed E-state index contributed by atoms with van der Waals surface area (Å²) < 4.78 is 14.4. The van der Waals surface area contributed by atoms with Gasteiger partial charge in [0.1, 0.15) is 5.82 Å². The Bertz CT molecular complexity index is 913. The first-order valence-electron chi connectivity index (χ1n) is 10.9. The second-order valence-corrected chi connectivity index (χ2v) is 7.71. The van der Waals surface area contributed by atoms with Crippen molar-refractivity contribution in [2.75, 3.05) is 36.0 Å². The van der Waals surface area contributed by atoms with Gasteiger partial charge in [-0.25, -0.2) is 9.18 Å². The van der Waals surface area contributed by atoms with Crippen molar-refractivity contribution in [1.82, 2.24) is 10.6 Å². The van der Waals surface area contributed by atoms with E-state index >= 15 is 0 Å². The molecule has 164 valence electrons. The fourth-order valence-corrected chi connectivity index (χ4v) is 3.93. The number of halogens is 1. The van der Waals surface area contributed by atoms with Crippen molar-refractivity contribution in [2.24, 2.45) is 0 Å². The molecule has 6 nitrogen and oxygen atoms in total. The molecular weight excluding hydrogens is 393 g/mol. The molecule has 7 heteroatoms. The van der Waals surface area contributed by atoms with Gasteiger partial charge in [-0.2, -0.15) is 5.26 Å². The molecule has 0 spiro atoms. The summed E-state index contributed by atoms with van der Waals surface area (Å²) in [7, 11) is 0. The third-order valence-electron chi connectivity index (χ3n) is 5.76. The summed E-state index contributed by atoms with van der Waals surface area (Å²) in [6, 6.07) is 14.7. The number of piperidine rings is 1. The van der Waals surface area contributed by atoms with Crippen LogP contribution in [0.25, 0.3) is 0 Å². The molecule has 3 rings (SSSR count). The highest BCUT2D eigenvalue weighted by Crippen LogP contribution is 2.21. The molecule has 0 aromatic heterocycles. The van der Waals surface area contributed by atoms with Crippen LogP contribution in [0.1, 0.15) is 37.8 Å². The maximum atomic E-state index is 14.4. The van der Waals surface area contributed by atoms with Gasteiger partial charge >= 0.3 is 6.03 Å². The molecule has 0 saturated carbocycles. The maximum absolute atomic E-state index is 14.4. The molecule has 1 heterocycles. The molecule has 0 bridgehead atoms. The smallest absolute Gasteiger partial charge is 0.315 e. The van der Waals surface area contributed by atoms with E-state index in [4.69, 9.17) is 5.26 Å². The maximum Gasteiger partial charge on any atom is 0.315 e. The Hall–Kier alpha value is -3.27. The number of nitrogens with one attached hydrogen (secondary N) is 2. The van der Waals surface area contributed by atoms with E-state index in [1.165, 1.54) is 6.07 Å². The van der Waals surface area contributed by atoms with Gasteiger partial charge in [-0.1, -0.05) is 6.07 Å². The van der Waals surface area contributed by atoms with E-state index in [1.54, 1.807) is 6.07 Å². The summed E-state index contributed by atoms with van der Waals surface area (Å²) >= 11 is 0. The number of urea groups is 1. The fraction of sp³-hybridized carbons (Fsp3) is 0.417. The first-order valence-corrected chi connectivity index (χ1v) is 10.9. The second-order valence-electron chi connectivity index (χ2n) is 7.71. The van der Waals surface area contributed by atoms with Gasteiger partial charge in [-0.15, -0.1) is 0 Å². The highest BCUT2D eigenvalue weighted by Gasteiger charge is 2.21. The van der Waals surface area contributed by atoms with Crippen molar-refractivity contribution in [2.45, 2.75) is 39.3 Å². The molecule has 1 saturated heterocycles. The molecular formula is C24H30FN5O. The average Bonchev–Trinajstić information content (AvgIpc) is 2.80. The zero-order chi connectivity index (χ0) is 22.2. The number of amides is 2. The Morgan fingerprint density at radius 2 is 1.84 bits per heavy atom. The molecule has 1 fully saturated rings. The van der Waals surface area contributed by atoms with E-state index in [-0.39, 0.29) is 24.4 Å². The van der Waals surface area contributed by atoms with Crippen LogP contribution in [-0.4, -0.2) is 38.3 Å². The second kappa shape index (κ2) is 10.7. The number of carbonyl (C=O) groups excluding carboxylic acids is 1. The molecule has 0 aliphatic carbocycles. The van der Waals surface area contributed by atoms with Crippen molar-refractivity contribution in [3.63, 3.8) is 0 Å². The molecule has 2 aromatic rings. The minimum Gasteiger partial charge on any atom is -0.371 e. The van der Waals surface area contributed by atoms with Crippen LogP contribution in [0, 0.1) is 17.1 Å². The molecule has 2 amide bonds. The Morgan fingerprint density at radius 1 is 1.16 bits per heavy atom. The van der Waals surface area contributed by atoms with Gasteiger partial charge in [0.25, 0.3) is 0 Å². The lowest BCUT2D eigenvalue weighted by molar-refractivity contribution is 0.234. The lowest BCUT2D eigenvalue weighted by Crippen LogP contribution is -2.47. The van der Waals surface area contributed by atoms with Gasteiger partial charge in [0.2, 0.25) is 0 Å². The Morgan fingerprint density at radius 3 is 2.42 bits per heavy atom. The van der Waals surface area contributed by atoms with E-state index in [2.05, 4.69) is 21.6 Å². The van der Waals surface area contributed by atoms with Crippen LogP contribution in [-0.2, 0) is 6.54 Å². The largest absolute Gasteiger partial charge is 0.371 e. The van der Waals surface area contributed by atoms with Gasteiger partial charge in [0.05, 0.1) is 17.3 Å². The molecule has 0 unspecified atom stereocenters. The van der Waals surface area contributed by atoms with Crippen LogP contribution in [0.4, 0.5) is 20.6 Å². The third kappa shape index (κ3) is 5.88. The summed E-state index contributed by atoms with van der Waals surface area (Å²) in [5.41, 5.74) is 3.07. The molecule has 0 radical (unpaired) electrons. The Balaban J connectivity index is 1.44. The summed E-state index contributed by atoms with van der Waals surface area (Å²) in [6.45, 7) is 7.46. The van der Waals surface area contributed by atoms with E-state index in [1.807, 2.05) is 49.1 Å². The van der Waals surface area contributed by atoms with Crippen LogP contribution >= 0.6 is 0 Å². The zero-order valence-corrected chi connectivity index (χ0v) is 18.2. The third-order valence-corrected chi connectivity index (χ3v) is 5.76. The summed E-state index contributed by atoms with van der Waals surface area (Å²) in [5, 5.41) is 14.8. The lowest BCUT2D eigenvalue weighted by Gasteiger charge is -2.34. The topological polar surface area (TPSA) is 71.4 Å². The molecule has 2 N–H and O–H groups in total. The number of anilines is 2. The van der Waals surface area contributed by atoms with Crippen molar-refractivity contribution >= 4 is 17.4 Å². The van der Waals surface area contributed by atoms with Gasteiger partial charge in [0.15, 0.2) is 0 Å². The van der Waals surface area contributed by atoms with E-state index < -0.39 is 0 Å². The summed E-state index contributed by atoms with van der Waals surface area (Å²) in [6.07, 6.45) is 1.70. The number of nitrogens with zero attached hydrogens (tertiary/aromatic N) is 3. The standard InChI is InChI=1S/C24H30FN5O/c1-3-29(4-2)23-10-7-19(15-22(23)25)17-27-24(31)28-20-11-13-30(14-12-20)21-8-5-18(16-26)6-9-21/h5-10,15,20H,3-4,11-14,17H2,1-2H3,(H2,27,28,31). The van der Waals surface area contributed by atoms with E-state index in [0.29, 0.717) is 11.3 Å². The fourth-order valence-electron chi connectivity index (χ4n) is 3.93. The number of hydrogen-bond donors (Lipinski definition) is 2. The number of hydrogen-bond acceptors (Lipinski definition) is 4. The molecule has 1 aliphatic rings. The highest BCUT2D eigenvalue weighted by molar-refractivity contribution is 5.74. The SMILES string of the molecule is CCN(CC)c1ccc(CNC(=O)NC2CCN(c3ccc(C#N)cc3)CC2)cc1F. The van der Waals surface area contributed by atoms with Crippen molar-refractivity contribution in [3.8, 4) is 6.07 Å². The van der Waals surface area contributed by atoms with E-state index in [9.17, 15) is 9.18 Å². The lowest BCUT2D eigenvalue weighted by atomic mass is 10.0. The van der Waals surface area contributed by atoms with Gasteiger partial charge in [-0.05, 0) is 68.7 Å². The average molecular weight is 424 g/mol. The van der Waals surface area contributed by atoms with Crippen LogP contribution in [0.3, 0.4) is 0 Å². The quantitative estimate of drug-likeness (QED) is 0.706.